The molecule has 0 amide bonds. The van der Waals surface area contributed by atoms with E-state index >= 15 is 0 Å². The van der Waals surface area contributed by atoms with Gasteiger partial charge in [-0.15, -0.1) is 0 Å². The minimum Gasteiger partial charge on any atom is -0.0625 e. The topological polar surface area (TPSA) is 0 Å². The molecule has 5 atom stereocenters. The van der Waals surface area contributed by atoms with Crippen LogP contribution < -0.4 is 0 Å². The molecular weight excluding hydrogens is 132 g/mol. The average molecular weight is 150 g/mol. The third-order valence-electron chi connectivity index (χ3n) is 5.05. The van der Waals surface area contributed by atoms with Crippen LogP contribution in [0, 0.1) is 29.1 Å². The second-order valence-corrected chi connectivity index (χ2v) is 5.39. The van der Waals surface area contributed by atoms with E-state index in [0.29, 0.717) is 0 Å². The van der Waals surface area contributed by atoms with Gasteiger partial charge in [-0.2, -0.15) is 0 Å². The number of rotatable bonds is 0. The highest BCUT2D eigenvalue weighted by atomic mass is 14.7. The molecule has 0 heteroatoms. The van der Waals surface area contributed by atoms with Gasteiger partial charge in [0.05, 0.1) is 0 Å². The molecule has 0 nitrogen and oxygen atoms in total. The van der Waals surface area contributed by atoms with Crippen LogP contribution in [-0.4, -0.2) is 0 Å². The first-order valence-electron chi connectivity index (χ1n) is 5.24. The fourth-order valence-corrected chi connectivity index (χ4v) is 4.63. The van der Waals surface area contributed by atoms with E-state index in [2.05, 4.69) is 13.8 Å². The molecule has 0 aliphatic heterocycles. The Kier molecular flexibility index (Phi) is 0.990. The maximum atomic E-state index is 2.49. The van der Waals surface area contributed by atoms with Gasteiger partial charge in [0.15, 0.2) is 0 Å². The Morgan fingerprint density at radius 2 is 2.00 bits per heavy atom. The molecule has 0 bridgehead atoms. The fourth-order valence-electron chi connectivity index (χ4n) is 4.63. The molecule has 3 fully saturated rings. The summed E-state index contributed by atoms with van der Waals surface area (Å²) >= 11 is 0. The highest BCUT2D eigenvalue weighted by molar-refractivity contribution is 5.16. The Bertz CT molecular complexity index is 196. The third kappa shape index (κ3) is 0.522. The normalized spacial score (nSPS) is 66.0. The van der Waals surface area contributed by atoms with Crippen LogP contribution in [0.4, 0.5) is 0 Å². The van der Waals surface area contributed by atoms with Gasteiger partial charge in [-0.1, -0.05) is 13.8 Å². The Hall–Kier alpha value is 0. The minimum atomic E-state index is 0.916. The predicted molar refractivity (Wildman–Crippen MR) is 46.2 cm³/mol. The molecule has 5 unspecified atom stereocenters. The van der Waals surface area contributed by atoms with Crippen molar-refractivity contribution in [3.05, 3.63) is 0 Å². The van der Waals surface area contributed by atoms with Crippen molar-refractivity contribution in [1.29, 1.82) is 0 Å². The van der Waals surface area contributed by atoms with Crippen molar-refractivity contribution in [1.82, 2.24) is 0 Å². The molecule has 0 aromatic heterocycles. The number of hydrogen-bond acceptors (Lipinski definition) is 0. The molecule has 3 rings (SSSR count). The van der Waals surface area contributed by atoms with E-state index < -0.39 is 0 Å². The summed E-state index contributed by atoms with van der Waals surface area (Å²) in [5.41, 5.74) is 0.916. The highest BCUT2D eigenvalue weighted by Gasteiger charge is 2.67. The summed E-state index contributed by atoms with van der Waals surface area (Å²) < 4.78 is 0. The lowest BCUT2D eigenvalue weighted by Gasteiger charge is -2.66. The van der Waals surface area contributed by atoms with Crippen LogP contribution in [0.2, 0.25) is 0 Å². The Morgan fingerprint density at radius 3 is 2.55 bits per heavy atom. The van der Waals surface area contributed by atoms with Crippen molar-refractivity contribution < 1.29 is 0 Å². The Balaban J connectivity index is 1.90. The summed E-state index contributed by atoms with van der Waals surface area (Å²) in [5.74, 6) is 4.45. The molecular formula is C11H18. The van der Waals surface area contributed by atoms with Gasteiger partial charge in [0.2, 0.25) is 0 Å². The van der Waals surface area contributed by atoms with Crippen molar-refractivity contribution in [2.24, 2.45) is 29.1 Å². The Morgan fingerprint density at radius 1 is 1.18 bits per heavy atom. The minimum absolute atomic E-state index is 0.916. The summed E-state index contributed by atoms with van der Waals surface area (Å²) in [6, 6.07) is 0. The molecule has 0 heterocycles. The first-order chi connectivity index (χ1) is 5.24. The zero-order valence-electron chi connectivity index (χ0n) is 7.64. The first kappa shape index (κ1) is 6.51. The van der Waals surface area contributed by atoms with E-state index in [1.807, 2.05) is 0 Å². The first-order valence-corrected chi connectivity index (χ1v) is 5.24. The zero-order valence-corrected chi connectivity index (χ0v) is 7.64. The summed E-state index contributed by atoms with van der Waals surface area (Å²) in [4.78, 5) is 0. The summed E-state index contributed by atoms with van der Waals surface area (Å²) in [6.07, 6.45) is 6.27. The molecule has 11 heavy (non-hydrogen) atoms. The molecule has 0 radical (unpaired) electrons. The van der Waals surface area contributed by atoms with E-state index in [9.17, 15) is 0 Å². The molecule has 0 aromatic carbocycles. The lowest BCUT2D eigenvalue weighted by atomic mass is 9.39. The molecule has 62 valence electrons. The van der Waals surface area contributed by atoms with Gasteiger partial charge in [-0.25, -0.2) is 0 Å². The van der Waals surface area contributed by atoms with E-state index in [1.54, 1.807) is 25.7 Å². The molecule has 0 aromatic rings. The Labute approximate surface area is 69.4 Å². The molecule has 0 N–H and O–H groups in total. The second-order valence-electron chi connectivity index (χ2n) is 5.39. The quantitative estimate of drug-likeness (QED) is 0.498. The van der Waals surface area contributed by atoms with Gasteiger partial charge in [0, 0.05) is 0 Å². The predicted octanol–water partition coefficient (Wildman–Crippen LogP) is 3.08. The van der Waals surface area contributed by atoms with Crippen LogP contribution in [0.25, 0.3) is 0 Å². The molecule has 3 aliphatic carbocycles. The van der Waals surface area contributed by atoms with Crippen molar-refractivity contribution in [3.63, 3.8) is 0 Å². The molecule has 0 saturated heterocycles. The van der Waals surface area contributed by atoms with Gasteiger partial charge in [-0.3, -0.25) is 0 Å². The fraction of sp³-hybridized carbons (Fsp3) is 1.00. The highest BCUT2D eigenvalue weighted by Crippen LogP contribution is 2.74. The number of hydrogen-bond donors (Lipinski definition) is 0. The molecule has 1 spiro atoms. The van der Waals surface area contributed by atoms with Crippen LogP contribution in [0.5, 0.6) is 0 Å². The summed E-state index contributed by atoms with van der Waals surface area (Å²) in [7, 11) is 0. The monoisotopic (exact) mass is 150 g/mol. The van der Waals surface area contributed by atoms with Gasteiger partial charge in [-0.05, 0) is 54.8 Å². The second kappa shape index (κ2) is 1.67. The van der Waals surface area contributed by atoms with Gasteiger partial charge < -0.3 is 0 Å². The van der Waals surface area contributed by atoms with Crippen molar-refractivity contribution in [2.45, 2.75) is 39.5 Å². The van der Waals surface area contributed by atoms with E-state index in [1.165, 1.54) is 0 Å². The summed E-state index contributed by atoms with van der Waals surface area (Å²) in [5, 5.41) is 0. The van der Waals surface area contributed by atoms with E-state index in [0.717, 1.165) is 29.1 Å². The van der Waals surface area contributed by atoms with Gasteiger partial charge >= 0.3 is 0 Å². The van der Waals surface area contributed by atoms with Crippen LogP contribution in [0.3, 0.4) is 0 Å². The zero-order chi connectivity index (χ0) is 7.64. The van der Waals surface area contributed by atoms with Crippen LogP contribution in [0.15, 0.2) is 0 Å². The summed E-state index contributed by atoms with van der Waals surface area (Å²) in [6.45, 7) is 4.94. The van der Waals surface area contributed by atoms with Crippen molar-refractivity contribution in [2.75, 3.05) is 0 Å². The lowest BCUT2D eigenvalue weighted by molar-refractivity contribution is -0.173. The van der Waals surface area contributed by atoms with Crippen molar-refractivity contribution in [3.8, 4) is 0 Å². The standard InChI is InChI=1S/C11H18/c1-7-5-10-8(2)9-3-4-11(9,10)6-7/h7-10H,3-6H2,1-2H3. The lowest BCUT2D eigenvalue weighted by Crippen LogP contribution is -2.59. The maximum absolute atomic E-state index is 2.49. The van der Waals surface area contributed by atoms with Crippen LogP contribution >= 0.6 is 0 Å². The third-order valence-corrected chi connectivity index (χ3v) is 5.05. The largest absolute Gasteiger partial charge is 0.0625 e. The van der Waals surface area contributed by atoms with Gasteiger partial charge in [0.1, 0.15) is 0 Å². The maximum Gasteiger partial charge on any atom is -0.0233 e. The van der Waals surface area contributed by atoms with Crippen LogP contribution in [0.1, 0.15) is 39.5 Å². The van der Waals surface area contributed by atoms with Crippen molar-refractivity contribution >= 4 is 0 Å². The smallest absolute Gasteiger partial charge is 0.0233 e. The van der Waals surface area contributed by atoms with Crippen LogP contribution in [-0.2, 0) is 0 Å². The SMILES string of the molecule is CC1CC2C(C)C3CCC32C1. The molecule has 3 aliphatic rings. The van der Waals surface area contributed by atoms with E-state index in [-0.39, 0.29) is 0 Å². The molecule has 3 saturated carbocycles. The average Bonchev–Trinajstić information content (AvgIpc) is 2.25. The van der Waals surface area contributed by atoms with Gasteiger partial charge in [0.25, 0.3) is 0 Å². The van der Waals surface area contributed by atoms with E-state index in [4.69, 9.17) is 0 Å².